The van der Waals surface area contributed by atoms with Gasteiger partial charge in [-0.2, -0.15) is 0 Å². The van der Waals surface area contributed by atoms with Gasteiger partial charge in [0.05, 0.1) is 17.5 Å². The Morgan fingerprint density at radius 1 is 0.950 bits per heavy atom. The topological polar surface area (TPSA) is 145 Å². The Balaban J connectivity index is 1.45. The number of aromatic hydroxyl groups is 2. The second-order valence-corrected chi connectivity index (χ2v) is 10.4. The molecule has 3 amide bonds. The number of nitrogens with one attached hydrogen (secondary N) is 2. The van der Waals surface area contributed by atoms with Crippen molar-refractivity contribution in [3.63, 3.8) is 0 Å². The van der Waals surface area contributed by atoms with Crippen LogP contribution >= 0.6 is 0 Å². The van der Waals surface area contributed by atoms with Crippen molar-refractivity contribution in [1.82, 2.24) is 5.32 Å². The smallest absolute Gasteiger partial charge is 0.308 e. The molecule has 0 radical (unpaired) electrons. The molecule has 2 saturated heterocycles. The molecule has 0 aromatic heterocycles. The summed E-state index contributed by atoms with van der Waals surface area (Å²) in [7, 11) is 0. The van der Waals surface area contributed by atoms with Crippen molar-refractivity contribution in [3.8, 4) is 17.2 Å². The molecule has 2 fully saturated rings. The predicted octanol–water partition coefficient (Wildman–Crippen LogP) is 2.75. The number of aryl methyl sites for hydroxylation is 1. The van der Waals surface area contributed by atoms with Crippen LogP contribution in [0.3, 0.4) is 0 Å². The van der Waals surface area contributed by atoms with Crippen molar-refractivity contribution < 1.29 is 34.1 Å². The van der Waals surface area contributed by atoms with E-state index in [9.17, 15) is 29.4 Å². The number of hydrogen-bond donors (Lipinski definition) is 4. The molecule has 3 aromatic carbocycles. The number of phenolic OH excluding ortho intramolecular Hbond substituents is 2. The van der Waals surface area contributed by atoms with E-state index in [0.29, 0.717) is 22.5 Å². The molecule has 40 heavy (non-hydrogen) atoms. The summed E-state index contributed by atoms with van der Waals surface area (Å²) in [6.45, 7) is 3.27. The molecule has 204 valence electrons. The third-order valence-electron chi connectivity index (χ3n) is 8.04. The molecule has 1 spiro atoms. The molecule has 0 saturated carbocycles. The Morgan fingerprint density at radius 2 is 1.68 bits per heavy atom. The summed E-state index contributed by atoms with van der Waals surface area (Å²) in [4.78, 5) is 54.4. The van der Waals surface area contributed by atoms with Gasteiger partial charge in [0.25, 0.3) is 0 Å². The number of fused-ring (bicyclic) bond motifs is 4. The van der Waals surface area contributed by atoms with E-state index in [2.05, 4.69) is 10.6 Å². The van der Waals surface area contributed by atoms with Crippen molar-refractivity contribution in [2.75, 3.05) is 10.2 Å². The van der Waals surface area contributed by atoms with Gasteiger partial charge < -0.3 is 20.3 Å². The number of carbonyl (C=O) groups is 4. The summed E-state index contributed by atoms with van der Waals surface area (Å²) in [5.74, 6) is -4.10. The Kier molecular flexibility index (Phi) is 5.88. The number of benzene rings is 3. The number of carbonyl (C=O) groups excluding carboxylic acids is 4. The predicted molar refractivity (Wildman–Crippen MR) is 144 cm³/mol. The number of hydrogen-bond acceptors (Lipinski definition) is 8. The number of esters is 1. The fourth-order valence-electron chi connectivity index (χ4n) is 6.28. The lowest BCUT2D eigenvalue weighted by Crippen LogP contribution is -2.53. The number of nitrogens with zero attached hydrogens (tertiary/aromatic N) is 1. The second-order valence-electron chi connectivity index (χ2n) is 10.4. The third-order valence-corrected chi connectivity index (χ3v) is 8.04. The minimum absolute atomic E-state index is 0.213. The lowest BCUT2D eigenvalue weighted by molar-refractivity contribution is -0.132. The van der Waals surface area contributed by atoms with Crippen LogP contribution in [-0.4, -0.2) is 39.9 Å². The van der Waals surface area contributed by atoms with Crippen LogP contribution < -0.4 is 20.3 Å². The molecule has 3 aliphatic rings. The SMILES string of the molecule is CCc1ccc2c(c1)[C@@]1(N[C@@H](Cc3ccc(O)c(O)c3)[C@H]3C(=O)N(c4ccc(OC(C)=O)cc4)C(=O)[C@@H]31)C(=O)N2. The van der Waals surface area contributed by atoms with Crippen molar-refractivity contribution in [2.45, 2.75) is 38.3 Å². The van der Waals surface area contributed by atoms with Crippen molar-refractivity contribution in [3.05, 3.63) is 77.4 Å². The maximum atomic E-state index is 14.2. The van der Waals surface area contributed by atoms with Crippen LogP contribution in [0, 0.1) is 11.8 Å². The van der Waals surface area contributed by atoms with Crippen LogP contribution in [0.5, 0.6) is 17.2 Å². The highest BCUT2D eigenvalue weighted by atomic mass is 16.5. The summed E-state index contributed by atoms with van der Waals surface area (Å²) in [5, 5.41) is 26.1. The lowest BCUT2D eigenvalue weighted by atomic mass is 9.76. The van der Waals surface area contributed by atoms with E-state index < -0.39 is 47.1 Å². The summed E-state index contributed by atoms with van der Waals surface area (Å²) in [6, 6.07) is 15.4. The van der Waals surface area contributed by atoms with E-state index in [4.69, 9.17) is 4.74 Å². The van der Waals surface area contributed by atoms with Gasteiger partial charge in [-0.25, -0.2) is 4.90 Å². The van der Waals surface area contributed by atoms with Gasteiger partial charge in [0.1, 0.15) is 11.3 Å². The molecule has 0 aliphatic carbocycles. The van der Waals surface area contributed by atoms with Crippen LogP contribution in [0.1, 0.15) is 30.5 Å². The fraction of sp³-hybridized carbons (Fsp3) is 0.267. The Morgan fingerprint density at radius 3 is 2.35 bits per heavy atom. The molecule has 4 N–H and O–H groups in total. The van der Waals surface area contributed by atoms with Crippen LogP contribution in [-0.2, 0) is 37.6 Å². The number of imide groups is 1. The maximum absolute atomic E-state index is 14.2. The van der Waals surface area contributed by atoms with E-state index in [1.807, 2.05) is 25.1 Å². The summed E-state index contributed by atoms with van der Waals surface area (Å²) >= 11 is 0. The van der Waals surface area contributed by atoms with Crippen LogP contribution in [0.25, 0.3) is 0 Å². The van der Waals surface area contributed by atoms with Crippen LogP contribution in [0.4, 0.5) is 11.4 Å². The highest BCUT2D eigenvalue weighted by Gasteiger charge is 2.70. The highest BCUT2D eigenvalue weighted by molar-refractivity contribution is 6.25. The molecule has 3 aliphatic heterocycles. The first-order valence-corrected chi connectivity index (χ1v) is 13.0. The monoisotopic (exact) mass is 541 g/mol. The van der Waals surface area contributed by atoms with E-state index in [-0.39, 0.29) is 23.7 Å². The normalized spacial score (nSPS) is 24.8. The molecular formula is C30H27N3O7. The van der Waals surface area contributed by atoms with E-state index >= 15 is 0 Å². The first-order valence-electron chi connectivity index (χ1n) is 13.0. The van der Waals surface area contributed by atoms with Gasteiger partial charge in [-0.15, -0.1) is 0 Å². The number of anilines is 2. The molecule has 10 nitrogen and oxygen atoms in total. The highest BCUT2D eigenvalue weighted by Crippen LogP contribution is 2.54. The zero-order valence-electron chi connectivity index (χ0n) is 21.8. The molecule has 0 unspecified atom stereocenters. The van der Waals surface area contributed by atoms with Gasteiger partial charge in [-0.3, -0.25) is 24.5 Å². The summed E-state index contributed by atoms with van der Waals surface area (Å²) in [6.07, 6.45) is 0.931. The largest absolute Gasteiger partial charge is 0.504 e. The number of ether oxygens (including phenoxy) is 1. The standard InChI is InChI=1S/C30H27N3O7/c1-3-16-4-10-21-20(12-16)30(29(39)31-21)26-25(22(32-30)13-17-5-11-23(35)24(36)14-17)27(37)33(28(26)38)18-6-8-19(9-7-18)40-15(2)34/h4-12,14,22,25-26,32,35-36H,3,13H2,1-2H3,(H,31,39)/t22-,25+,26+,30-/m0/s1. The van der Waals surface area contributed by atoms with E-state index in [0.717, 1.165) is 16.9 Å². The Bertz CT molecular complexity index is 1580. The molecule has 3 aromatic rings. The summed E-state index contributed by atoms with van der Waals surface area (Å²) in [5.41, 5.74) is 1.63. The fourth-order valence-corrected chi connectivity index (χ4v) is 6.28. The zero-order chi connectivity index (χ0) is 28.3. The molecule has 3 heterocycles. The number of amides is 3. The van der Waals surface area contributed by atoms with Crippen molar-refractivity contribution in [1.29, 1.82) is 0 Å². The minimum atomic E-state index is -1.48. The van der Waals surface area contributed by atoms with Gasteiger partial charge in [-0.1, -0.05) is 25.1 Å². The van der Waals surface area contributed by atoms with Crippen LogP contribution in [0.15, 0.2) is 60.7 Å². The van der Waals surface area contributed by atoms with Gasteiger partial charge in [0.15, 0.2) is 11.5 Å². The van der Waals surface area contributed by atoms with Gasteiger partial charge in [0, 0.05) is 24.2 Å². The first kappa shape index (κ1) is 25.6. The number of phenols is 2. The average molecular weight is 542 g/mol. The van der Waals surface area contributed by atoms with Crippen molar-refractivity contribution >= 4 is 35.1 Å². The molecule has 0 bridgehead atoms. The van der Waals surface area contributed by atoms with Crippen LogP contribution in [0.2, 0.25) is 0 Å². The first-order chi connectivity index (χ1) is 19.1. The van der Waals surface area contributed by atoms with Gasteiger partial charge >= 0.3 is 5.97 Å². The van der Waals surface area contributed by atoms with E-state index in [1.54, 1.807) is 6.07 Å². The Labute approximate surface area is 229 Å². The second kappa shape index (κ2) is 9.20. The van der Waals surface area contributed by atoms with Gasteiger partial charge in [-0.05, 0) is 66.4 Å². The third kappa shape index (κ3) is 3.75. The molecule has 6 rings (SSSR count). The number of rotatable bonds is 5. The average Bonchev–Trinajstić information content (AvgIpc) is 3.50. The molecule has 4 atom stereocenters. The van der Waals surface area contributed by atoms with Gasteiger partial charge in [0.2, 0.25) is 17.7 Å². The Hall–Kier alpha value is -4.70. The molecule has 10 heteroatoms. The molecular weight excluding hydrogens is 514 g/mol. The maximum Gasteiger partial charge on any atom is 0.308 e. The quantitative estimate of drug-likeness (QED) is 0.167. The van der Waals surface area contributed by atoms with E-state index in [1.165, 1.54) is 43.3 Å². The minimum Gasteiger partial charge on any atom is -0.504 e. The lowest BCUT2D eigenvalue weighted by Gasteiger charge is -2.30. The van der Waals surface area contributed by atoms with Crippen molar-refractivity contribution in [2.24, 2.45) is 11.8 Å². The zero-order valence-corrected chi connectivity index (χ0v) is 21.8. The summed E-state index contributed by atoms with van der Waals surface area (Å²) < 4.78 is 5.08.